The van der Waals surface area contributed by atoms with Gasteiger partial charge in [0.15, 0.2) is 0 Å². The summed E-state index contributed by atoms with van der Waals surface area (Å²) in [4.78, 5) is 19.7. The second-order valence-corrected chi connectivity index (χ2v) is 9.61. The number of carbonyl (C=O) groups excluding carboxylic acids is 1. The molecule has 2 atom stereocenters. The first kappa shape index (κ1) is 21.5. The molecule has 2 aromatic carbocycles. The molecule has 1 N–H and O–H groups in total. The standard InChI is InChI=1S/C22H24FN3O4S/c1-14(2)20(24-21-17-5-3-4-6-19(17)31(28,29)25-21)22(27)26-11-12-30-18(13-26)15-7-9-16(23)10-8-15/h3-10,14,18,20H,11-13H2,1-2H3,(H,24,25)/t18?,20-/m0/s1. The molecule has 1 unspecified atom stereocenters. The lowest BCUT2D eigenvalue weighted by Crippen LogP contribution is -2.48. The summed E-state index contributed by atoms with van der Waals surface area (Å²) < 4.78 is 46.3. The Bertz CT molecular complexity index is 1120. The van der Waals surface area contributed by atoms with Crippen molar-refractivity contribution in [2.24, 2.45) is 10.9 Å². The Balaban J connectivity index is 1.58. The smallest absolute Gasteiger partial charge is 0.263 e. The van der Waals surface area contributed by atoms with E-state index in [9.17, 15) is 17.6 Å². The largest absolute Gasteiger partial charge is 0.370 e. The summed E-state index contributed by atoms with van der Waals surface area (Å²) in [5.74, 6) is -0.487. The maximum Gasteiger partial charge on any atom is 0.263 e. The second-order valence-electron chi connectivity index (χ2n) is 7.96. The molecule has 0 saturated carbocycles. The third-order valence-corrected chi connectivity index (χ3v) is 6.83. The number of aliphatic imine (C=N–C) groups is 1. The van der Waals surface area contributed by atoms with E-state index in [0.29, 0.717) is 25.3 Å². The van der Waals surface area contributed by atoms with E-state index in [2.05, 4.69) is 9.71 Å². The zero-order chi connectivity index (χ0) is 22.2. The summed E-state index contributed by atoms with van der Waals surface area (Å²) in [5, 5.41) is 0. The van der Waals surface area contributed by atoms with Gasteiger partial charge in [0.1, 0.15) is 23.8 Å². The molecular formula is C22H24FN3O4S. The van der Waals surface area contributed by atoms with Crippen LogP contribution in [0.1, 0.15) is 31.1 Å². The van der Waals surface area contributed by atoms with Crippen LogP contribution in [0.5, 0.6) is 0 Å². The van der Waals surface area contributed by atoms with Crippen LogP contribution in [0.15, 0.2) is 58.4 Å². The number of morpholine rings is 1. The molecule has 31 heavy (non-hydrogen) atoms. The molecule has 1 amide bonds. The molecule has 7 nitrogen and oxygen atoms in total. The molecule has 1 saturated heterocycles. The van der Waals surface area contributed by atoms with E-state index < -0.39 is 16.1 Å². The fourth-order valence-corrected chi connectivity index (χ4v) is 5.01. The average molecular weight is 446 g/mol. The maximum absolute atomic E-state index is 13.4. The van der Waals surface area contributed by atoms with Crippen molar-refractivity contribution in [3.05, 3.63) is 65.5 Å². The summed E-state index contributed by atoms with van der Waals surface area (Å²) in [6.45, 7) is 4.83. The Hall–Kier alpha value is -2.78. The van der Waals surface area contributed by atoms with Gasteiger partial charge in [0.25, 0.3) is 10.0 Å². The van der Waals surface area contributed by atoms with Gasteiger partial charge in [-0.2, -0.15) is 0 Å². The number of carbonyl (C=O) groups is 1. The van der Waals surface area contributed by atoms with Gasteiger partial charge < -0.3 is 9.64 Å². The number of rotatable bonds is 4. The lowest BCUT2D eigenvalue weighted by Gasteiger charge is -2.35. The fourth-order valence-electron chi connectivity index (χ4n) is 3.77. The van der Waals surface area contributed by atoms with Gasteiger partial charge in [-0.25, -0.2) is 12.8 Å². The van der Waals surface area contributed by atoms with Gasteiger partial charge in [-0.3, -0.25) is 14.5 Å². The molecule has 0 spiro atoms. The minimum Gasteiger partial charge on any atom is -0.370 e. The van der Waals surface area contributed by atoms with Crippen molar-refractivity contribution in [1.82, 2.24) is 9.62 Å². The Labute approximate surface area is 181 Å². The minimum absolute atomic E-state index is 0.149. The van der Waals surface area contributed by atoms with Crippen LogP contribution in [0.2, 0.25) is 0 Å². The van der Waals surface area contributed by atoms with E-state index in [0.717, 1.165) is 5.56 Å². The zero-order valence-corrected chi connectivity index (χ0v) is 18.1. The van der Waals surface area contributed by atoms with E-state index in [1.807, 2.05) is 13.8 Å². The molecule has 1 fully saturated rings. The number of amides is 1. The molecule has 0 aromatic heterocycles. The van der Waals surface area contributed by atoms with Gasteiger partial charge in [-0.15, -0.1) is 0 Å². The third kappa shape index (κ3) is 4.33. The van der Waals surface area contributed by atoms with E-state index in [4.69, 9.17) is 4.74 Å². The number of benzene rings is 2. The number of halogens is 1. The first-order chi connectivity index (χ1) is 14.8. The maximum atomic E-state index is 13.4. The topological polar surface area (TPSA) is 88.1 Å². The Morgan fingerprint density at radius 2 is 1.90 bits per heavy atom. The third-order valence-electron chi connectivity index (χ3n) is 5.44. The van der Waals surface area contributed by atoms with Crippen molar-refractivity contribution in [3.63, 3.8) is 0 Å². The van der Waals surface area contributed by atoms with Crippen LogP contribution in [0.25, 0.3) is 0 Å². The van der Waals surface area contributed by atoms with Crippen LogP contribution in [0.3, 0.4) is 0 Å². The fraction of sp³-hybridized carbons (Fsp3) is 0.364. The van der Waals surface area contributed by atoms with Crippen LogP contribution in [0.4, 0.5) is 4.39 Å². The number of hydrogen-bond acceptors (Lipinski definition) is 5. The summed E-state index contributed by atoms with van der Waals surface area (Å²) in [6.07, 6.45) is -0.357. The second kappa shape index (κ2) is 8.39. The van der Waals surface area contributed by atoms with Crippen LogP contribution in [-0.2, 0) is 19.6 Å². The predicted octanol–water partition coefficient (Wildman–Crippen LogP) is 2.49. The molecule has 164 valence electrons. The lowest BCUT2D eigenvalue weighted by atomic mass is 10.0. The zero-order valence-electron chi connectivity index (χ0n) is 17.3. The summed E-state index contributed by atoms with van der Waals surface area (Å²) in [7, 11) is -3.68. The van der Waals surface area contributed by atoms with Gasteiger partial charge >= 0.3 is 0 Å². The highest BCUT2D eigenvalue weighted by atomic mass is 32.2. The molecule has 2 aliphatic heterocycles. The van der Waals surface area contributed by atoms with E-state index in [1.54, 1.807) is 35.2 Å². The molecule has 4 rings (SSSR count). The van der Waals surface area contributed by atoms with Gasteiger partial charge in [0.05, 0.1) is 18.0 Å². The quantitative estimate of drug-likeness (QED) is 0.783. The van der Waals surface area contributed by atoms with Gasteiger partial charge in [-0.05, 0) is 35.7 Å². The number of fused-ring (bicyclic) bond motifs is 1. The van der Waals surface area contributed by atoms with Crippen LogP contribution in [0, 0.1) is 11.7 Å². The molecule has 0 radical (unpaired) electrons. The molecule has 9 heteroatoms. The summed E-state index contributed by atoms with van der Waals surface area (Å²) >= 11 is 0. The number of amidine groups is 1. The SMILES string of the molecule is CC(C)[C@H](N=C1NS(=O)(=O)c2ccccc21)C(=O)N1CCOC(c2ccc(F)cc2)C1. The number of hydrogen-bond donors (Lipinski definition) is 1. The van der Waals surface area contributed by atoms with Crippen LogP contribution < -0.4 is 4.72 Å². The summed E-state index contributed by atoms with van der Waals surface area (Å²) in [6, 6.07) is 11.9. The van der Waals surface area contributed by atoms with Gasteiger partial charge in [0, 0.05) is 12.1 Å². The number of nitrogens with one attached hydrogen (secondary N) is 1. The van der Waals surface area contributed by atoms with Crippen molar-refractivity contribution >= 4 is 21.8 Å². The highest BCUT2D eigenvalue weighted by molar-refractivity contribution is 7.90. The van der Waals surface area contributed by atoms with Crippen molar-refractivity contribution in [2.45, 2.75) is 30.9 Å². The van der Waals surface area contributed by atoms with Crippen LogP contribution in [-0.4, -0.2) is 50.8 Å². The lowest BCUT2D eigenvalue weighted by molar-refractivity contribution is -0.141. The average Bonchev–Trinajstić information content (AvgIpc) is 3.02. The number of sulfonamides is 1. The molecule has 2 heterocycles. The van der Waals surface area contributed by atoms with Crippen molar-refractivity contribution in [1.29, 1.82) is 0 Å². The van der Waals surface area contributed by atoms with E-state index >= 15 is 0 Å². The molecule has 2 aliphatic rings. The number of ether oxygens (including phenoxy) is 1. The van der Waals surface area contributed by atoms with Crippen molar-refractivity contribution in [2.75, 3.05) is 19.7 Å². The first-order valence-electron chi connectivity index (χ1n) is 10.1. The summed E-state index contributed by atoms with van der Waals surface area (Å²) in [5.41, 5.74) is 1.26. The Morgan fingerprint density at radius 3 is 2.61 bits per heavy atom. The molecule has 0 aliphatic carbocycles. The Kier molecular flexibility index (Phi) is 5.81. The van der Waals surface area contributed by atoms with E-state index in [1.165, 1.54) is 18.2 Å². The van der Waals surface area contributed by atoms with Gasteiger partial charge in [-0.1, -0.05) is 38.1 Å². The highest BCUT2D eigenvalue weighted by Crippen LogP contribution is 2.26. The van der Waals surface area contributed by atoms with Gasteiger partial charge in [0.2, 0.25) is 5.91 Å². The number of nitrogens with zero attached hydrogens (tertiary/aromatic N) is 2. The normalized spacial score (nSPS) is 22.3. The highest BCUT2D eigenvalue weighted by Gasteiger charge is 2.35. The van der Waals surface area contributed by atoms with Crippen LogP contribution >= 0.6 is 0 Å². The van der Waals surface area contributed by atoms with Crippen molar-refractivity contribution in [3.8, 4) is 0 Å². The Morgan fingerprint density at radius 1 is 1.19 bits per heavy atom. The van der Waals surface area contributed by atoms with E-state index in [-0.39, 0.29) is 34.5 Å². The first-order valence-corrected chi connectivity index (χ1v) is 11.6. The molecular weight excluding hydrogens is 421 g/mol. The predicted molar refractivity (Wildman–Crippen MR) is 114 cm³/mol. The monoisotopic (exact) mass is 445 g/mol. The molecule has 0 bridgehead atoms. The van der Waals surface area contributed by atoms with Crippen molar-refractivity contribution < 1.29 is 22.3 Å². The minimum atomic E-state index is -3.68. The molecule has 2 aromatic rings.